The summed E-state index contributed by atoms with van der Waals surface area (Å²) >= 11 is 1.84. The van der Waals surface area contributed by atoms with E-state index >= 15 is 0 Å². The van der Waals surface area contributed by atoms with Crippen LogP contribution in [0.1, 0.15) is 16.8 Å². The van der Waals surface area contributed by atoms with E-state index in [9.17, 15) is 9.18 Å². The van der Waals surface area contributed by atoms with E-state index in [1.807, 2.05) is 11.8 Å². The van der Waals surface area contributed by atoms with E-state index in [4.69, 9.17) is 5.73 Å². The third kappa shape index (κ3) is 2.72. The molecule has 92 valence electrons. The standard InChI is InChI=1S/C12H15FN2OS/c1-15(11-2-3-17-7-11)12(16)8-4-9(13)6-10(14)5-8/h4-6,11H,2-3,7,14H2,1H3. The number of carbonyl (C=O) groups is 1. The SMILES string of the molecule is CN(C(=O)c1cc(N)cc(F)c1)C1CCSC1. The van der Waals surface area contributed by atoms with Gasteiger partial charge < -0.3 is 10.6 Å². The molecule has 1 heterocycles. The molecule has 0 aromatic heterocycles. The number of carbonyl (C=O) groups excluding carboxylic acids is 1. The molecule has 1 unspecified atom stereocenters. The highest BCUT2D eigenvalue weighted by atomic mass is 32.2. The molecule has 17 heavy (non-hydrogen) atoms. The van der Waals surface area contributed by atoms with E-state index in [0.29, 0.717) is 5.56 Å². The highest BCUT2D eigenvalue weighted by Gasteiger charge is 2.24. The van der Waals surface area contributed by atoms with E-state index < -0.39 is 5.82 Å². The van der Waals surface area contributed by atoms with Gasteiger partial charge in [-0.2, -0.15) is 11.8 Å². The van der Waals surface area contributed by atoms with Crippen LogP contribution in [0.5, 0.6) is 0 Å². The molecule has 3 nitrogen and oxygen atoms in total. The van der Waals surface area contributed by atoms with E-state index in [0.717, 1.165) is 17.9 Å². The molecule has 1 fully saturated rings. The van der Waals surface area contributed by atoms with E-state index in [1.165, 1.54) is 18.2 Å². The van der Waals surface area contributed by atoms with E-state index in [1.54, 1.807) is 11.9 Å². The molecule has 1 saturated heterocycles. The Bertz CT molecular complexity index is 412. The molecule has 5 heteroatoms. The molecule has 1 aromatic rings. The Labute approximate surface area is 104 Å². The molecule has 2 N–H and O–H groups in total. The lowest BCUT2D eigenvalue weighted by Gasteiger charge is -2.23. The summed E-state index contributed by atoms with van der Waals surface area (Å²) in [5, 5.41) is 0. The van der Waals surface area contributed by atoms with Crippen LogP contribution in [0.4, 0.5) is 10.1 Å². The number of thioether (sulfide) groups is 1. The zero-order valence-corrected chi connectivity index (χ0v) is 10.5. The molecular weight excluding hydrogens is 239 g/mol. The third-order valence-corrected chi connectivity index (χ3v) is 4.09. The maximum atomic E-state index is 13.2. The minimum absolute atomic E-state index is 0.163. The van der Waals surface area contributed by atoms with Gasteiger partial charge >= 0.3 is 0 Å². The van der Waals surface area contributed by atoms with Crippen LogP contribution in [-0.2, 0) is 0 Å². The Morgan fingerprint density at radius 1 is 1.53 bits per heavy atom. The minimum atomic E-state index is -0.470. The maximum absolute atomic E-state index is 13.2. The van der Waals surface area contributed by atoms with Crippen molar-refractivity contribution in [2.24, 2.45) is 0 Å². The molecular formula is C12H15FN2OS. The topological polar surface area (TPSA) is 46.3 Å². The first kappa shape index (κ1) is 12.2. The number of benzene rings is 1. The Kier molecular flexibility index (Phi) is 3.57. The van der Waals surface area contributed by atoms with Gasteiger partial charge in [0.2, 0.25) is 0 Å². The molecule has 1 aliphatic rings. The summed E-state index contributed by atoms with van der Waals surface area (Å²) in [5.74, 6) is 1.40. The summed E-state index contributed by atoms with van der Waals surface area (Å²) in [6.07, 6.45) is 0.998. The summed E-state index contributed by atoms with van der Waals surface area (Å²) < 4.78 is 13.2. The van der Waals surface area contributed by atoms with Crippen LogP contribution >= 0.6 is 11.8 Å². The van der Waals surface area contributed by atoms with Gasteiger partial charge in [0.25, 0.3) is 5.91 Å². The fraction of sp³-hybridized carbons (Fsp3) is 0.417. The van der Waals surface area contributed by atoms with Crippen molar-refractivity contribution in [3.8, 4) is 0 Å². The monoisotopic (exact) mass is 254 g/mol. The molecule has 1 amide bonds. The predicted molar refractivity (Wildman–Crippen MR) is 68.6 cm³/mol. The lowest BCUT2D eigenvalue weighted by molar-refractivity contribution is 0.0747. The highest BCUT2D eigenvalue weighted by Crippen LogP contribution is 2.23. The lowest BCUT2D eigenvalue weighted by atomic mass is 10.1. The number of nitrogen functional groups attached to an aromatic ring is 1. The van der Waals surface area contributed by atoms with Gasteiger partial charge in [-0.3, -0.25) is 4.79 Å². The lowest BCUT2D eigenvalue weighted by Crippen LogP contribution is -2.37. The summed E-state index contributed by atoms with van der Waals surface area (Å²) in [4.78, 5) is 13.8. The van der Waals surface area contributed by atoms with Crippen molar-refractivity contribution in [3.63, 3.8) is 0 Å². The van der Waals surface area contributed by atoms with Gasteiger partial charge in [0, 0.05) is 30.1 Å². The molecule has 1 atom stereocenters. The normalized spacial score (nSPS) is 19.3. The Morgan fingerprint density at radius 2 is 2.29 bits per heavy atom. The fourth-order valence-electron chi connectivity index (χ4n) is 1.93. The summed E-state index contributed by atoms with van der Waals surface area (Å²) in [7, 11) is 1.76. The molecule has 2 rings (SSSR count). The summed E-state index contributed by atoms with van der Waals surface area (Å²) in [6, 6.07) is 4.21. The Balaban J connectivity index is 2.17. The van der Waals surface area contributed by atoms with Gasteiger partial charge in [-0.25, -0.2) is 4.39 Å². The predicted octanol–water partition coefficient (Wildman–Crippen LogP) is 1.99. The Morgan fingerprint density at radius 3 is 2.88 bits per heavy atom. The van der Waals surface area contributed by atoms with Crippen molar-refractivity contribution >= 4 is 23.4 Å². The number of hydrogen-bond acceptors (Lipinski definition) is 3. The van der Waals surface area contributed by atoms with Crippen LogP contribution in [-0.4, -0.2) is 35.4 Å². The number of nitrogens with zero attached hydrogens (tertiary/aromatic N) is 1. The quantitative estimate of drug-likeness (QED) is 0.821. The van der Waals surface area contributed by atoms with E-state index in [-0.39, 0.29) is 17.6 Å². The van der Waals surface area contributed by atoms with Gasteiger partial charge in [-0.1, -0.05) is 0 Å². The number of halogens is 1. The van der Waals surface area contributed by atoms with Crippen LogP contribution < -0.4 is 5.73 Å². The molecule has 1 aromatic carbocycles. The average Bonchev–Trinajstić information content (AvgIpc) is 2.79. The zero-order valence-electron chi connectivity index (χ0n) is 9.65. The third-order valence-electron chi connectivity index (χ3n) is 2.94. The van der Waals surface area contributed by atoms with Gasteiger partial charge in [0.15, 0.2) is 0 Å². The van der Waals surface area contributed by atoms with Crippen molar-refractivity contribution in [1.29, 1.82) is 0 Å². The van der Waals surface area contributed by atoms with Crippen molar-refractivity contribution in [2.45, 2.75) is 12.5 Å². The largest absolute Gasteiger partial charge is 0.399 e. The average molecular weight is 254 g/mol. The highest BCUT2D eigenvalue weighted by molar-refractivity contribution is 7.99. The van der Waals surface area contributed by atoms with Crippen LogP contribution in [0.3, 0.4) is 0 Å². The number of amides is 1. The van der Waals surface area contributed by atoms with Gasteiger partial charge in [-0.05, 0) is 30.4 Å². The van der Waals surface area contributed by atoms with Crippen molar-refractivity contribution in [3.05, 3.63) is 29.6 Å². The molecule has 0 spiro atoms. The number of anilines is 1. The second-order valence-electron chi connectivity index (χ2n) is 4.21. The first-order valence-electron chi connectivity index (χ1n) is 5.49. The summed E-state index contributed by atoms with van der Waals surface area (Å²) in [6.45, 7) is 0. The molecule has 0 aliphatic carbocycles. The molecule has 0 saturated carbocycles. The van der Waals surface area contributed by atoms with Crippen LogP contribution in [0.15, 0.2) is 18.2 Å². The van der Waals surface area contributed by atoms with Crippen molar-refractivity contribution in [1.82, 2.24) is 4.90 Å². The van der Waals surface area contributed by atoms with Crippen LogP contribution in [0, 0.1) is 5.82 Å². The molecule has 0 radical (unpaired) electrons. The first-order chi connectivity index (χ1) is 8.08. The van der Waals surface area contributed by atoms with Crippen LogP contribution in [0.2, 0.25) is 0 Å². The molecule has 0 bridgehead atoms. The van der Waals surface area contributed by atoms with Gasteiger partial charge in [-0.15, -0.1) is 0 Å². The maximum Gasteiger partial charge on any atom is 0.254 e. The number of rotatable bonds is 2. The van der Waals surface area contributed by atoms with Crippen LogP contribution in [0.25, 0.3) is 0 Å². The number of hydrogen-bond donors (Lipinski definition) is 1. The second-order valence-corrected chi connectivity index (χ2v) is 5.36. The molecule has 1 aliphatic heterocycles. The smallest absolute Gasteiger partial charge is 0.254 e. The first-order valence-corrected chi connectivity index (χ1v) is 6.64. The van der Waals surface area contributed by atoms with Crippen molar-refractivity contribution in [2.75, 3.05) is 24.3 Å². The fourth-order valence-corrected chi connectivity index (χ4v) is 3.20. The van der Waals surface area contributed by atoms with Gasteiger partial charge in [0.05, 0.1) is 0 Å². The second kappa shape index (κ2) is 4.96. The van der Waals surface area contributed by atoms with Gasteiger partial charge in [0.1, 0.15) is 5.82 Å². The summed E-state index contributed by atoms with van der Waals surface area (Å²) in [5.41, 5.74) is 6.14. The Hall–Kier alpha value is -1.23. The number of nitrogens with two attached hydrogens (primary N) is 1. The minimum Gasteiger partial charge on any atom is -0.399 e. The van der Waals surface area contributed by atoms with E-state index in [2.05, 4.69) is 0 Å². The zero-order chi connectivity index (χ0) is 12.4. The van der Waals surface area contributed by atoms with Crippen molar-refractivity contribution < 1.29 is 9.18 Å².